The van der Waals surface area contributed by atoms with E-state index in [4.69, 9.17) is 9.84 Å². The molecule has 1 heterocycles. The van der Waals surface area contributed by atoms with Gasteiger partial charge in [-0.15, -0.1) is 0 Å². The molecule has 3 aromatic rings. The van der Waals surface area contributed by atoms with Gasteiger partial charge in [-0.2, -0.15) is 4.99 Å². The monoisotopic (exact) mass is 386 g/mol. The molecule has 0 saturated heterocycles. The molecule has 1 aliphatic carbocycles. The zero-order chi connectivity index (χ0) is 20.2. The first-order chi connectivity index (χ1) is 14.1. The number of nitrogens with zero attached hydrogens (tertiary/aromatic N) is 2. The molecule has 4 rings (SSSR count). The molecule has 144 valence electrons. The fourth-order valence-electron chi connectivity index (χ4n) is 3.63. The third-order valence-electron chi connectivity index (χ3n) is 4.89. The van der Waals surface area contributed by atoms with Crippen molar-refractivity contribution in [3.63, 3.8) is 0 Å². The molecule has 0 fully saturated rings. The summed E-state index contributed by atoms with van der Waals surface area (Å²) in [5.74, 6) is -1.16. The lowest BCUT2D eigenvalue weighted by Crippen LogP contribution is -2.14. The molecule has 29 heavy (non-hydrogen) atoms. The van der Waals surface area contributed by atoms with E-state index in [1.807, 2.05) is 36.4 Å². The number of rotatable bonds is 5. The number of aliphatic imine (C=N–C) groups is 1. The predicted octanol–water partition coefficient (Wildman–Crippen LogP) is 4.29. The van der Waals surface area contributed by atoms with Gasteiger partial charge in [-0.25, -0.2) is 4.79 Å². The number of carbonyl (C=O) groups is 2. The van der Waals surface area contributed by atoms with Crippen molar-refractivity contribution in [3.05, 3.63) is 89.7 Å². The number of hydrogen-bond donors (Lipinski definition) is 1. The van der Waals surface area contributed by atoms with Crippen molar-refractivity contribution in [2.45, 2.75) is 12.3 Å². The van der Waals surface area contributed by atoms with E-state index in [1.54, 1.807) is 12.1 Å². The molecule has 0 spiro atoms. The van der Waals surface area contributed by atoms with E-state index in [1.165, 1.54) is 12.4 Å². The van der Waals surface area contributed by atoms with Crippen LogP contribution in [0.3, 0.4) is 0 Å². The summed E-state index contributed by atoms with van der Waals surface area (Å²) in [7, 11) is 0. The Morgan fingerprint density at radius 3 is 2.10 bits per heavy atom. The number of amides is 1. The summed E-state index contributed by atoms with van der Waals surface area (Å²) in [5, 5.41) is 9.13. The minimum atomic E-state index is -1.08. The third-order valence-corrected chi connectivity index (χ3v) is 4.89. The Balaban J connectivity index is 1.55. The first-order valence-electron chi connectivity index (χ1n) is 9.18. The van der Waals surface area contributed by atoms with Crippen LogP contribution in [0.15, 0.2) is 78.0 Å². The van der Waals surface area contributed by atoms with Crippen molar-refractivity contribution in [1.29, 1.82) is 0 Å². The van der Waals surface area contributed by atoms with Gasteiger partial charge >= 0.3 is 12.1 Å². The Bertz CT molecular complexity index is 1050. The van der Waals surface area contributed by atoms with Gasteiger partial charge in [-0.3, -0.25) is 9.78 Å². The number of carboxylic acid groups (broad SMARTS) is 1. The van der Waals surface area contributed by atoms with Crippen LogP contribution in [0.4, 0.5) is 4.79 Å². The van der Waals surface area contributed by atoms with Crippen LogP contribution in [0.2, 0.25) is 0 Å². The maximum Gasteiger partial charge on any atom is 0.433 e. The molecule has 2 aromatic carbocycles. The second kappa shape index (κ2) is 8.06. The van der Waals surface area contributed by atoms with E-state index < -0.39 is 12.1 Å². The van der Waals surface area contributed by atoms with Crippen LogP contribution in [-0.4, -0.2) is 34.5 Å². The van der Waals surface area contributed by atoms with Crippen molar-refractivity contribution in [2.75, 3.05) is 6.61 Å². The number of carboxylic acids is 1. The molecule has 0 saturated carbocycles. The lowest BCUT2D eigenvalue weighted by molar-refractivity contribution is -0.135. The number of hydrogen-bond acceptors (Lipinski definition) is 4. The van der Waals surface area contributed by atoms with Crippen molar-refractivity contribution in [1.82, 2.24) is 4.98 Å². The predicted molar refractivity (Wildman–Crippen MR) is 108 cm³/mol. The van der Waals surface area contributed by atoms with Crippen LogP contribution in [0.25, 0.3) is 11.1 Å². The molecule has 0 aliphatic heterocycles. The molecule has 0 unspecified atom stereocenters. The Hall–Kier alpha value is -3.80. The highest BCUT2D eigenvalue weighted by Gasteiger charge is 2.29. The third kappa shape index (κ3) is 3.91. The molecule has 0 bridgehead atoms. The Morgan fingerprint density at radius 2 is 1.52 bits per heavy atom. The maximum atomic E-state index is 12.4. The SMILES string of the molecule is O=C(O)CC(=NC(=O)OCC1c2ccccc2-c2ccccc21)c1ccncc1. The molecular formula is C23H18N2O4. The van der Waals surface area contributed by atoms with E-state index in [0.717, 1.165) is 22.3 Å². The van der Waals surface area contributed by atoms with E-state index in [9.17, 15) is 9.59 Å². The van der Waals surface area contributed by atoms with Crippen molar-refractivity contribution in [2.24, 2.45) is 4.99 Å². The zero-order valence-corrected chi connectivity index (χ0v) is 15.5. The van der Waals surface area contributed by atoms with Crippen LogP contribution in [0.5, 0.6) is 0 Å². The van der Waals surface area contributed by atoms with Gasteiger partial charge in [-0.1, -0.05) is 48.5 Å². The summed E-state index contributed by atoms with van der Waals surface area (Å²) in [5.41, 5.74) is 5.13. The van der Waals surface area contributed by atoms with E-state index in [-0.39, 0.29) is 24.7 Å². The van der Waals surface area contributed by atoms with Gasteiger partial charge in [0, 0.05) is 18.3 Å². The molecular weight excluding hydrogens is 368 g/mol. The summed E-state index contributed by atoms with van der Waals surface area (Å²) >= 11 is 0. The summed E-state index contributed by atoms with van der Waals surface area (Å²) in [6.07, 6.45) is 1.85. The summed E-state index contributed by atoms with van der Waals surface area (Å²) in [6, 6.07) is 19.3. The molecule has 1 N–H and O–H groups in total. The average Bonchev–Trinajstić information content (AvgIpc) is 3.06. The normalized spacial score (nSPS) is 12.9. The smallest absolute Gasteiger partial charge is 0.433 e. The summed E-state index contributed by atoms with van der Waals surface area (Å²) in [4.78, 5) is 31.3. The molecule has 1 aliphatic rings. The van der Waals surface area contributed by atoms with Crippen LogP contribution >= 0.6 is 0 Å². The van der Waals surface area contributed by atoms with Gasteiger partial charge in [0.25, 0.3) is 0 Å². The molecule has 1 amide bonds. The lowest BCUT2D eigenvalue weighted by atomic mass is 9.98. The quantitative estimate of drug-likeness (QED) is 0.661. The lowest BCUT2D eigenvalue weighted by Gasteiger charge is -2.13. The molecule has 0 atom stereocenters. The van der Waals surface area contributed by atoms with Crippen LogP contribution in [0, 0.1) is 0 Å². The number of aliphatic carboxylic acids is 1. The maximum absolute atomic E-state index is 12.4. The first-order valence-corrected chi connectivity index (χ1v) is 9.18. The highest BCUT2D eigenvalue weighted by molar-refractivity contribution is 6.12. The Morgan fingerprint density at radius 1 is 0.931 bits per heavy atom. The highest BCUT2D eigenvalue weighted by Crippen LogP contribution is 2.44. The minimum Gasteiger partial charge on any atom is -0.481 e. The Labute approximate surface area is 167 Å². The van der Waals surface area contributed by atoms with E-state index in [0.29, 0.717) is 5.56 Å². The first kappa shape index (κ1) is 18.6. The molecule has 1 aromatic heterocycles. The van der Waals surface area contributed by atoms with Gasteiger partial charge in [0.2, 0.25) is 0 Å². The second-order valence-electron chi connectivity index (χ2n) is 6.67. The standard InChI is InChI=1S/C23H18N2O4/c26-22(27)13-21(15-9-11-24-12-10-15)25-23(28)29-14-20-18-7-3-1-5-16(18)17-6-2-4-8-19(17)20/h1-12,20H,13-14H2,(H,26,27). The molecule has 0 radical (unpaired) electrons. The van der Waals surface area contributed by atoms with Gasteiger partial charge in [0.05, 0.1) is 12.1 Å². The van der Waals surface area contributed by atoms with Crippen molar-refractivity contribution < 1.29 is 19.4 Å². The van der Waals surface area contributed by atoms with Crippen LogP contribution in [0.1, 0.15) is 29.0 Å². The van der Waals surface area contributed by atoms with Gasteiger partial charge < -0.3 is 9.84 Å². The number of carbonyl (C=O) groups excluding carboxylic acids is 1. The topological polar surface area (TPSA) is 88.8 Å². The largest absolute Gasteiger partial charge is 0.481 e. The number of pyridine rings is 1. The fraction of sp³-hybridized carbons (Fsp3) is 0.130. The van der Waals surface area contributed by atoms with Gasteiger partial charge in [0.1, 0.15) is 6.61 Å². The number of benzene rings is 2. The number of fused-ring (bicyclic) bond motifs is 3. The van der Waals surface area contributed by atoms with Gasteiger partial charge in [0.15, 0.2) is 0 Å². The number of aromatic nitrogens is 1. The Kier molecular flexibility index (Phi) is 5.16. The summed E-state index contributed by atoms with van der Waals surface area (Å²) < 4.78 is 5.44. The van der Waals surface area contributed by atoms with Crippen molar-refractivity contribution >= 4 is 17.8 Å². The fourth-order valence-corrected chi connectivity index (χ4v) is 3.63. The van der Waals surface area contributed by atoms with E-state index in [2.05, 4.69) is 22.1 Å². The van der Waals surface area contributed by atoms with E-state index >= 15 is 0 Å². The number of ether oxygens (including phenoxy) is 1. The second-order valence-corrected chi connectivity index (χ2v) is 6.67. The highest BCUT2D eigenvalue weighted by atomic mass is 16.5. The molecule has 6 heteroatoms. The average molecular weight is 386 g/mol. The van der Waals surface area contributed by atoms with Gasteiger partial charge in [-0.05, 0) is 39.9 Å². The minimum absolute atomic E-state index is 0.0783. The molecule has 6 nitrogen and oxygen atoms in total. The zero-order valence-electron chi connectivity index (χ0n) is 15.5. The van der Waals surface area contributed by atoms with Crippen LogP contribution < -0.4 is 0 Å². The summed E-state index contributed by atoms with van der Waals surface area (Å²) in [6.45, 7) is 0.132. The van der Waals surface area contributed by atoms with Crippen molar-refractivity contribution in [3.8, 4) is 11.1 Å². The van der Waals surface area contributed by atoms with Crippen LogP contribution in [-0.2, 0) is 9.53 Å².